The highest BCUT2D eigenvalue weighted by molar-refractivity contribution is 6.35. The first-order valence-electron chi connectivity index (χ1n) is 9.95. The maximum atomic E-state index is 6.59. The van der Waals surface area contributed by atoms with E-state index >= 15 is 0 Å². The summed E-state index contributed by atoms with van der Waals surface area (Å²) in [6, 6.07) is 2.06. The summed E-state index contributed by atoms with van der Waals surface area (Å²) >= 11 is 6.59. The van der Waals surface area contributed by atoms with E-state index in [0.717, 1.165) is 65.8 Å². The Labute approximate surface area is 180 Å². The van der Waals surface area contributed by atoms with Crippen molar-refractivity contribution in [2.24, 2.45) is 17.5 Å². The van der Waals surface area contributed by atoms with Crippen LogP contribution in [0.2, 0.25) is 5.15 Å². The highest BCUT2D eigenvalue weighted by atomic mass is 35.5. The van der Waals surface area contributed by atoms with Gasteiger partial charge in [-0.1, -0.05) is 11.6 Å². The van der Waals surface area contributed by atoms with Crippen LogP contribution in [-0.4, -0.2) is 46.9 Å². The number of nitrogens with two attached hydrogens (primary N) is 2. The monoisotopic (exact) mass is 430 g/mol. The standard InChI is InChI=1S/C21H27ClN6O2/c1-12(23)19(27(2)24)14-8-15-18(25-9-14)17-16(29-3)10-26-21(22)20(17)28(15)11-13-4-6-30-7-5-13/h8-10,13H,4-7,11,23-24H2,1-3H3/b19-12-. The Morgan fingerprint density at radius 1 is 1.33 bits per heavy atom. The number of nitrogens with zero attached hydrogens (tertiary/aromatic N) is 4. The Balaban J connectivity index is 2.00. The zero-order chi connectivity index (χ0) is 21.4. The van der Waals surface area contributed by atoms with Gasteiger partial charge in [-0.05, 0) is 31.7 Å². The van der Waals surface area contributed by atoms with Crippen molar-refractivity contribution in [2.75, 3.05) is 27.4 Å². The van der Waals surface area contributed by atoms with E-state index < -0.39 is 0 Å². The van der Waals surface area contributed by atoms with Gasteiger partial charge in [-0.2, -0.15) is 0 Å². The number of allylic oxidation sites excluding steroid dienone is 1. The van der Waals surface area contributed by atoms with Crippen LogP contribution in [0.3, 0.4) is 0 Å². The number of fused-ring (bicyclic) bond motifs is 3. The summed E-state index contributed by atoms with van der Waals surface area (Å²) in [6.07, 6.45) is 5.43. The molecular weight excluding hydrogens is 404 g/mol. The van der Waals surface area contributed by atoms with Crippen molar-refractivity contribution in [1.82, 2.24) is 19.5 Å². The van der Waals surface area contributed by atoms with Crippen LogP contribution >= 0.6 is 11.6 Å². The third kappa shape index (κ3) is 3.55. The Morgan fingerprint density at radius 3 is 2.70 bits per heavy atom. The van der Waals surface area contributed by atoms with Gasteiger partial charge in [0.25, 0.3) is 0 Å². The molecule has 8 nitrogen and oxygen atoms in total. The van der Waals surface area contributed by atoms with Gasteiger partial charge in [0.15, 0.2) is 5.15 Å². The first kappa shape index (κ1) is 20.7. The normalized spacial score (nSPS) is 16.2. The molecule has 0 bridgehead atoms. The average Bonchev–Trinajstić information content (AvgIpc) is 3.03. The van der Waals surface area contributed by atoms with E-state index in [9.17, 15) is 0 Å². The van der Waals surface area contributed by atoms with E-state index in [2.05, 4.69) is 15.6 Å². The lowest BCUT2D eigenvalue weighted by atomic mass is 10.0. The van der Waals surface area contributed by atoms with Crippen molar-refractivity contribution < 1.29 is 9.47 Å². The van der Waals surface area contributed by atoms with Crippen LogP contribution in [0.4, 0.5) is 0 Å². The molecule has 3 aromatic heterocycles. The van der Waals surface area contributed by atoms with Crippen LogP contribution in [-0.2, 0) is 11.3 Å². The first-order valence-corrected chi connectivity index (χ1v) is 10.3. The molecule has 3 aromatic rings. The molecule has 0 radical (unpaired) electrons. The SMILES string of the molecule is COc1cnc(Cl)c2c1c1ncc(/C(=C(\C)N)N(C)N)cc1n2CC1CCOCC1. The number of hydrogen-bond donors (Lipinski definition) is 2. The molecule has 0 spiro atoms. The molecule has 0 aliphatic carbocycles. The maximum absolute atomic E-state index is 6.59. The van der Waals surface area contributed by atoms with E-state index in [1.54, 1.807) is 26.6 Å². The number of aromatic nitrogens is 3. The van der Waals surface area contributed by atoms with Crippen LogP contribution in [0.5, 0.6) is 5.75 Å². The number of hydrazine groups is 1. The molecule has 0 aromatic carbocycles. The summed E-state index contributed by atoms with van der Waals surface area (Å²) < 4.78 is 13.3. The van der Waals surface area contributed by atoms with E-state index in [1.165, 1.54) is 5.01 Å². The Bertz CT molecular complexity index is 1110. The Hall–Kier alpha value is -2.55. The number of hydrogen-bond acceptors (Lipinski definition) is 7. The van der Waals surface area contributed by atoms with Gasteiger partial charge >= 0.3 is 0 Å². The summed E-state index contributed by atoms with van der Waals surface area (Å²) in [7, 11) is 3.39. The minimum absolute atomic E-state index is 0.430. The van der Waals surface area contributed by atoms with Crippen molar-refractivity contribution in [3.8, 4) is 5.75 Å². The molecular formula is C21H27ClN6O2. The second kappa shape index (κ2) is 8.29. The molecule has 4 heterocycles. The first-order chi connectivity index (χ1) is 14.4. The molecule has 1 fully saturated rings. The Kier molecular flexibility index (Phi) is 5.73. The van der Waals surface area contributed by atoms with Gasteiger partial charge in [0.1, 0.15) is 5.75 Å². The van der Waals surface area contributed by atoms with Crippen molar-refractivity contribution in [3.63, 3.8) is 0 Å². The van der Waals surface area contributed by atoms with Gasteiger partial charge in [-0.25, -0.2) is 10.8 Å². The van der Waals surface area contributed by atoms with Gasteiger partial charge in [0, 0.05) is 44.3 Å². The number of rotatable bonds is 5. The smallest absolute Gasteiger partial charge is 0.153 e. The van der Waals surface area contributed by atoms with Crippen molar-refractivity contribution in [1.29, 1.82) is 0 Å². The molecule has 9 heteroatoms. The topological polar surface area (TPSA) is 104 Å². The molecule has 4 N–H and O–H groups in total. The lowest BCUT2D eigenvalue weighted by molar-refractivity contribution is 0.0619. The zero-order valence-corrected chi connectivity index (χ0v) is 18.2. The third-order valence-electron chi connectivity index (χ3n) is 5.64. The van der Waals surface area contributed by atoms with Crippen molar-refractivity contribution in [2.45, 2.75) is 26.3 Å². The minimum atomic E-state index is 0.430. The fourth-order valence-electron chi connectivity index (χ4n) is 4.28. The van der Waals surface area contributed by atoms with Gasteiger partial charge in [0.2, 0.25) is 0 Å². The van der Waals surface area contributed by atoms with Gasteiger partial charge in [-0.3, -0.25) is 4.98 Å². The summed E-state index contributed by atoms with van der Waals surface area (Å²) in [4.78, 5) is 9.13. The summed E-state index contributed by atoms with van der Waals surface area (Å²) in [5.74, 6) is 7.17. The molecule has 4 rings (SSSR count). The molecule has 30 heavy (non-hydrogen) atoms. The largest absolute Gasteiger partial charge is 0.494 e. The fraction of sp³-hybridized carbons (Fsp3) is 0.429. The van der Waals surface area contributed by atoms with Gasteiger partial charge < -0.3 is 24.8 Å². The third-order valence-corrected chi connectivity index (χ3v) is 5.92. The summed E-state index contributed by atoms with van der Waals surface area (Å²) in [5.41, 5.74) is 10.9. The molecule has 0 amide bonds. The van der Waals surface area contributed by atoms with E-state index in [4.69, 9.17) is 37.6 Å². The molecule has 0 saturated carbocycles. The lowest BCUT2D eigenvalue weighted by Crippen LogP contribution is -2.26. The van der Waals surface area contributed by atoms with Crippen LogP contribution in [0.1, 0.15) is 25.3 Å². The van der Waals surface area contributed by atoms with Crippen LogP contribution in [0.15, 0.2) is 24.2 Å². The lowest BCUT2D eigenvalue weighted by Gasteiger charge is -2.23. The quantitative estimate of drug-likeness (QED) is 0.364. The second-order valence-corrected chi connectivity index (χ2v) is 8.10. The van der Waals surface area contributed by atoms with Crippen LogP contribution in [0.25, 0.3) is 27.6 Å². The van der Waals surface area contributed by atoms with Crippen LogP contribution < -0.4 is 16.3 Å². The fourth-order valence-corrected chi connectivity index (χ4v) is 4.52. The molecule has 0 atom stereocenters. The summed E-state index contributed by atoms with van der Waals surface area (Å²) in [6.45, 7) is 4.17. The number of pyridine rings is 2. The van der Waals surface area contributed by atoms with E-state index in [1.807, 2.05) is 6.92 Å². The number of methoxy groups -OCH3 is 1. The van der Waals surface area contributed by atoms with E-state index in [-0.39, 0.29) is 0 Å². The van der Waals surface area contributed by atoms with E-state index in [0.29, 0.717) is 22.5 Å². The van der Waals surface area contributed by atoms with Gasteiger partial charge in [0.05, 0.1) is 40.9 Å². The van der Waals surface area contributed by atoms with Gasteiger partial charge in [-0.15, -0.1) is 0 Å². The zero-order valence-electron chi connectivity index (χ0n) is 17.5. The Morgan fingerprint density at radius 2 is 2.07 bits per heavy atom. The highest BCUT2D eigenvalue weighted by Crippen LogP contribution is 2.39. The number of halogens is 1. The number of ether oxygens (including phenoxy) is 2. The predicted molar refractivity (Wildman–Crippen MR) is 119 cm³/mol. The van der Waals surface area contributed by atoms with Crippen molar-refractivity contribution >= 4 is 39.2 Å². The molecule has 1 aliphatic heterocycles. The molecule has 0 unspecified atom stereocenters. The molecule has 160 valence electrons. The molecule has 1 saturated heterocycles. The maximum Gasteiger partial charge on any atom is 0.153 e. The second-order valence-electron chi connectivity index (χ2n) is 7.74. The van der Waals surface area contributed by atoms with Crippen LogP contribution in [0, 0.1) is 5.92 Å². The molecule has 1 aliphatic rings. The highest BCUT2D eigenvalue weighted by Gasteiger charge is 2.23. The minimum Gasteiger partial charge on any atom is -0.494 e. The summed E-state index contributed by atoms with van der Waals surface area (Å²) in [5, 5.41) is 2.81. The average molecular weight is 431 g/mol. The predicted octanol–water partition coefficient (Wildman–Crippen LogP) is 3.13. The van der Waals surface area contributed by atoms with Crippen molar-refractivity contribution in [3.05, 3.63) is 34.9 Å².